The number of piperazine rings is 1. The van der Waals surface area contributed by atoms with Crippen molar-refractivity contribution < 1.29 is 9.26 Å². The van der Waals surface area contributed by atoms with Gasteiger partial charge in [0.1, 0.15) is 5.75 Å². The first-order valence-electron chi connectivity index (χ1n) is 7.34. The van der Waals surface area contributed by atoms with Crippen molar-refractivity contribution in [2.45, 2.75) is 13.5 Å². The Labute approximate surface area is 124 Å². The van der Waals surface area contributed by atoms with Crippen LogP contribution in [-0.4, -0.2) is 47.8 Å². The molecule has 0 saturated carbocycles. The molecule has 0 bridgehead atoms. The molecule has 0 atom stereocenters. The average Bonchev–Trinajstić information content (AvgIpc) is 2.97. The molecule has 1 N–H and O–H groups in total. The summed E-state index contributed by atoms with van der Waals surface area (Å²) in [7, 11) is 0. The van der Waals surface area contributed by atoms with E-state index in [-0.39, 0.29) is 0 Å². The van der Waals surface area contributed by atoms with Crippen LogP contribution in [0.2, 0.25) is 0 Å². The Bertz CT molecular complexity index is 579. The molecule has 6 nitrogen and oxygen atoms in total. The maximum absolute atomic E-state index is 5.60. The summed E-state index contributed by atoms with van der Waals surface area (Å²) in [5.74, 6) is 2.01. The molecule has 1 aromatic heterocycles. The van der Waals surface area contributed by atoms with Gasteiger partial charge in [-0.25, -0.2) is 0 Å². The highest BCUT2D eigenvalue weighted by Gasteiger charge is 2.16. The minimum atomic E-state index is 0.518. The standard InChI is InChI=1S/C15H20N4O2/c1-2-20-13-6-4-3-5-12(13)15-17-14(18-21-15)11-19-9-7-16-8-10-19/h3-6,16H,2,7-11H2,1H3. The maximum Gasteiger partial charge on any atom is 0.261 e. The third kappa shape index (κ3) is 3.40. The zero-order valence-electron chi connectivity index (χ0n) is 12.2. The molecule has 1 saturated heterocycles. The van der Waals surface area contributed by atoms with Crippen molar-refractivity contribution in [2.75, 3.05) is 32.8 Å². The number of hydrogen-bond donors (Lipinski definition) is 1. The number of benzene rings is 1. The van der Waals surface area contributed by atoms with E-state index in [1.807, 2.05) is 31.2 Å². The molecule has 1 aliphatic heterocycles. The van der Waals surface area contributed by atoms with Crippen molar-refractivity contribution in [2.24, 2.45) is 0 Å². The second-order valence-corrected chi connectivity index (χ2v) is 4.97. The van der Waals surface area contributed by atoms with Gasteiger partial charge in [-0.3, -0.25) is 4.90 Å². The number of para-hydroxylation sites is 1. The van der Waals surface area contributed by atoms with Gasteiger partial charge in [-0.05, 0) is 19.1 Å². The van der Waals surface area contributed by atoms with Gasteiger partial charge in [-0.1, -0.05) is 17.3 Å². The van der Waals surface area contributed by atoms with Crippen LogP contribution in [0.15, 0.2) is 28.8 Å². The number of rotatable bonds is 5. The molecule has 0 amide bonds. The van der Waals surface area contributed by atoms with E-state index in [4.69, 9.17) is 9.26 Å². The summed E-state index contributed by atoms with van der Waals surface area (Å²) in [6.07, 6.45) is 0. The van der Waals surface area contributed by atoms with Crippen molar-refractivity contribution in [3.8, 4) is 17.2 Å². The van der Waals surface area contributed by atoms with E-state index in [1.165, 1.54) is 0 Å². The van der Waals surface area contributed by atoms with Crippen molar-refractivity contribution in [1.29, 1.82) is 0 Å². The second kappa shape index (κ2) is 6.69. The van der Waals surface area contributed by atoms with E-state index < -0.39 is 0 Å². The van der Waals surface area contributed by atoms with Crippen LogP contribution in [-0.2, 0) is 6.54 Å². The molecule has 0 radical (unpaired) electrons. The first kappa shape index (κ1) is 14.0. The number of nitrogens with zero attached hydrogens (tertiary/aromatic N) is 3. The Morgan fingerprint density at radius 1 is 1.29 bits per heavy atom. The van der Waals surface area contributed by atoms with Crippen molar-refractivity contribution in [3.05, 3.63) is 30.1 Å². The summed E-state index contributed by atoms with van der Waals surface area (Å²) in [5, 5.41) is 7.41. The van der Waals surface area contributed by atoms with Gasteiger partial charge in [0.05, 0.1) is 18.7 Å². The van der Waals surface area contributed by atoms with E-state index >= 15 is 0 Å². The van der Waals surface area contributed by atoms with Crippen LogP contribution in [0.3, 0.4) is 0 Å². The zero-order valence-corrected chi connectivity index (χ0v) is 12.2. The molecule has 0 aliphatic carbocycles. The lowest BCUT2D eigenvalue weighted by atomic mass is 10.2. The Hall–Kier alpha value is -1.92. The van der Waals surface area contributed by atoms with Gasteiger partial charge in [-0.15, -0.1) is 0 Å². The molecule has 6 heteroatoms. The molecule has 2 aromatic rings. The topological polar surface area (TPSA) is 63.4 Å². The van der Waals surface area contributed by atoms with Gasteiger partial charge in [0.25, 0.3) is 5.89 Å². The lowest BCUT2D eigenvalue weighted by Crippen LogP contribution is -2.43. The SMILES string of the molecule is CCOc1ccccc1-c1nc(CN2CCNCC2)no1. The van der Waals surface area contributed by atoms with Crippen molar-refractivity contribution in [3.63, 3.8) is 0 Å². The van der Waals surface area contributed by atoms with Gasteiger partial charge in [0.2, 0.25) is 0 Å². The summed E-state index contributed by atoms with van der Waals surface area (Å²) in [6, 6.07) is 7.73. The lowest BCUT2D eigenvalue weighted by molar-refractivity contribution is 0.225. The molecule has 1 aliphatic rings. The molecule has 0 unspecified atom stereocenters. The van der Waals surface area contributed by atoms with E-state index in [9.17, 15) is 0 Å². The minimum absolute atomic E-state index is 0.518. The molecule has 1 aromatic carbocycles. The van der Waals surface area contributed by atoms with Gasteiger partial charge in [0.15, 0.2) is 5.82 Å². The zero-order chi connectivity index (χ0) is 14.5. The Kier molecular flexibility index (Phi) is 4.47. The molecule has 0 spiro atoms. The average molecular weight is 288 g/mol. The summed E-state index contributed by atoms with van der Waals surface area (Å²) < 4.78 is 11.0. The fraction of sp³-hybridized carbons (Fsp3) is 0.467. The van der Waals surface area contributed by atoms with E-state index in [0.717, 1.165) is 49.9 Å². The number of ether oxygens (including phenoxy) is 1. The molecule has 112 valence electrons. The van der Waals surface area contributed by atoms with E-state index in [0.29, 0.717) is 12.5 Å². The molecule has 21 heavy (non-hydrogen) atoms. The summed E-state index contributed by atoms with van der Waals surface area (Å²) in [4.78, 5) is 6.82. The predicted molar refractivity (Wildman–Crippen MR) is 79.0 cm³/mol. The van der Waals surface area contributed by atoms with Crippen molar-refractivity contribution >= 4 is 0 Å². The third-order valence-electron chi connectivity index (χ3n) is 3.46. The van der Waals surface area contributed by atoms with Crippen LogP contribution < -0.4 is 10.1 Å². The maximum atomic E-state index is 5.60. The highest BCUT2D eigenvalue weighted by atomic mass is 16.5. The van der Waals surface area contributed by atoms with Crippen LogP contribution >= 0.6 is 0 Å². The molecule has 3 rings (SSSR count). The normalized spacial score (nSPS) is 16.0. The number of hydrogen-bond acceptors (Lipinski definition) is 6. The summed E-state index contributed by atoms with van der Waals surface area (Å²) in [5.41, 5.74) is 0.846. The van der Waals surface area contributed by atoms with Gasteiger partial charge < -0.3 is 14.6 Å². The first-order valence-corrected chi connectivity index (χ1v) is 7.34. The van der Waals surface area contributed by atoms with Crippen LogP contribution in [0.5, 0.6) is 5.75 Å². The Morgan fingerprint density at radius 2 is 2.10 bits per heavy atom. The minimum Gasteiger partial charge on any atom is -0.493 e. The van der Waals surface area contributed by atoms with Gasteiger partial charge in [-0.2, -0.15) is 4.98 Å². The highest BCUT2D eigenvalue weighted by Crippen LogP contribution is 2.28. The lowest BCUT2D eigenvalue weighted by Gasteiger charge is -2.25. The number of nitrogens with one attached hydrogen (secondary N) is 1. The molecular formula is C15H20N4O2. The fourth-order valence-electron chi connectivity index (χ4n) is 2.42. The summed E-state index contributed by atoms with van der Waals surface area (Å²) in [6.45, 7) is 7.34. The first-order chi connectivity index (χ1) is 10.4. The van der Waals surface area contributed by atoms with Gasteiger partial charge in [0, 0.05) is 26.2 Å². The van der Waals surface area contributed by atoms with Crippen LogP contribution in [0.25, 0.3) is 11.5 Å². The fourth-order valence-corrected chi connectivity index (χ4v) is 2.42. The predicted octanol–water partition coefficient (Wildman–Crippen LogP) is 1.54. The van der Waals surface area contributed by atoms with Crippen LogP contribution in [0.1, 0.15) is 12.7 Å². The largest absolute Gasteiger partial charge is 0.493 e. The van der Waals surface area contributed by atoms with E-state index in [2.05, 4.69) is 20.4 Å². The Morgan fingerprint density at radius 3 is 2.90 bits per heavy atom. The van der Waals surface area contributed by atoms with E-state index in [1.54, 1.807) is 0 Å². The second-order valence-electron chi connectivity index (χ2n) is 4.97. The summed E-state index contributed by atoms with van der Waals surface area (Å²) >= 11 is 0. The highest BCUT2D eigenvalue weighted by molar-refractivity contribution is 5.62. The quantitative estimate of drug-likeness (QED) is 0.900. The van der Waals surface area contributed by atoms with Gasteiger partial charge >= 0.3 is 0 Å². The van der Waals surface area contributed by atoms with Crippen molar-refractivity contribution in [1.82, 2.24) is 20.4 Å². The van der Waals surface area contributed by atoms with Crippen LogP contribution in [0, 0.1) is 0 Å². The third-order valence-corrected chi connectivity index (χ3v) is 3.46. The Balaban J connectivity index is 1.75. The molecule has 1 fully saturated rings. The molecule has 2 heterocycles. The smallest absolute Gasteiger partial charge is 0.261 e. The van der Waals surface area contributed by atoms with Crippen LogP contribution in [0.4, 0.5) is 0 Å². The number of aromatic nitrogens is 2. The molecular weight excluding hydrogens is 268 g/mol. The monoisotopic (exact) mass is 288 g/mol.